The Morgan fingerprint density at radius 3 is 2.67 bits per heavy atom. The lowest BCUT2D eigenvalue weighted by Gasteiger charge is -2.36. The van der Waals surface area contributed by atoms with Crippen LogP contribution in [0.25, 0.3) is 0 Å². The fourth-order valence-electron chi connectivity index (χ4n) is 4.00. The minimum atomic E-state index is -1.06. The van der Waals surface area contributed by atoms with Crippen LogP contribution in [0, 0.1) is 0 Å². The lowest BCUT2D eigenvalue weighted by molar-refractivity contribution is -0.131. The number of carbonyl (C=O) groups is 2. The Morgan fingerprint density at radius 1 is 1.27 bits per heavy atom. The summed E-state index contributed by atoms with van der Waals surface area (Å²) in [5.74, 6) is -1.47. The Kier molecular flexibility index (Phi) is 6.58. The van der Waals surface area contributed by atoms with Gasteiger partial charge in [0.1, 0.15) is 0 Å². The molecule has 2 aromatic carbocycles. The number of ether oxygens (including phenoxy) is 1. The molecule has 0 saturated heterocycles. The van der Waals surface area contributed by atoms with Gasteiger partial charge in [-0.3, -0.25) is 5.32 Å². The number of carboxylic acids is 1. The first-order valence-electron chi connectivity index (χ1n) is 9.54. The van der Waals surface area contributed by atoms with E-state index in [1.54, 1.807) is 31.2 Å². The molecule has 0 saturated carbocycles. The Hall–Kier alpha value is -2.70. The van der Waals surface area contributed by atoms with Crippen LogP contribution in [0.2, 0.25) is 10.0 Å². The molecular weight excluding hydrogens is 427 g/mol. The van der Waals surface area contributed by atoms with Crippen molar-refractivity contribution in [2.24, 2.45) is 0 Å². The maximum absolute atomic E-state index is 12.1. The lowest BCUT2D eigenvalue weighted by atomic mass is 9.74. The fourth-order valence-corrected chi connectivity index (χ4v) is 4.61. The summed E-state index contributed by atoms with van der Waals surface area (Å²) >= 11 is 12.7. The number of nitrogens with one attached hydrogen (secondary N) is 2. The number of anilines is 2. The summed E-state index contributed by atoms with van der Waals surface area (Å²) in [6.45, 7) is 3.96. The van der Waals surface area contributed by atoms with E-state index in [1.165, 1.54) is 0 Å². The van der Waals surface area contributed by atoms with Crippen molar-refractivity contribution in [3.8, 4) is 0 Å². The summed E-state index contributed by atoms with van der Waals surface area (Å²) in [6, 6.07) is 10.7. The molecule has 0 radical (unpaired) electrons. The van der Waals surface area contributed by atoms with E-state index in [1.807, 2.05) is 25.1 Å². The molecule has 2 atom stereocenters. The average Bonchev–Trinajstić information content (AvgIpc) is 3.01. The molecule has 8 heteroatoms. The standard InChI is InChI=1S/C22H22Cl2N2O4/c1-3-22(14-7-5-6-8-17(14)25-21(29)30-4-2)15(9-10-19(27)28)20-16(24)11-13(23)12-18(20)26-22/h5-12,15,26H,3-4H2,1-2H3,(H,25,29)(H,27,28). The van der Waals surface area contributed by atoms with Gasteiger partial charge >= 0.3 is 12.1 Å². The van der Waals surface area contributed by atoms with Gasteiger partial charge in [0.2, 0.25) is 0 Å². The summed E-state index contributed by atoms with van der Waals surface area (Å²) in [6.07, 6.45) is 2.74. The van der Waals surface area contributed by atoms with Crippen LogP contribution >= 0.6 is 23.2 Å². The van der Waals surface area contributed by atoms with Gasteiger partial charge in [0.25, 0.3) is 0 Å². The second kappa shape index (κ2) is 8.98. The maximum Gasteiger partial charge on any atom is 0.411 e. The second-order valence-corrected chi connectivity index (χ2v) is 7.71. The molecule has 2 aromatic rings. The highest BCUT2D eigenvalue weighted by atomic mass is 35.5. The van der Waals surface area contributed by atoms with Gasteiger partial charge in [-0.05, 0) is 31.5 Å². The first kappa shape index (κ1) is 22.0. The van der Waals surface area contributed by atoms with Crippen LogP contribution < -0.4 is 10.6 Å². The number of halogens is 2. The minimum Gasteiger partial charge on any atom is -0.478 e. The maximum atomic E-state index is 12.1. The van der Waals surface area contributed by atoms with Gasteiger partial charge in [-0.1, -0.05) is 54.4 Å². The highest BCUT2D eigenvalue weighted by Gasteiger charge is 2.47. The number of para-hydroxylation sites is 1. The van der Waals surface area contributed by atoms with E-state index in [9.17, 15) is 14.7 Å². The molecule has 30 heavy (non-hydrogen) atoms. The number of carbonyl (C=O) groups excluding carboxylic acids is 1. The number of hydrogen-bond acceptors (Lipinski definition) is 4. The normalized spacial score (nSPS) is 19.9. The zero-order valence-corrected chi connectivity index (χ0v) is 18.1. The van der Waals surface area contributed by atoms with E-state index < -0.39 is 23.5 Å². The largest absolute Gasteiger partial charge is 0.478 e. The molecule has 1 heterocycles. The summed E-state index contributed by atoms with van der Waals surface area (Å²) in [7, 11) is 0. The number of hydrogen-bond donors (Lipinski definition) is 3. The molecule has 0 spiro atoms. The molecule has 3 rings (SSSR count). The van der Waals surface area contributed by atoms with Gasteiger partial charge in [-0.2, -0.15) is 0 Å². The zero-order valence-electron chi connectivity index (χ0n) is 16.5. The predicted octanol–water partition coefficient (Wildman–Crippen LogP) is 6.02. The fraction of sp³-hybridized carbons (Fsp3) is 0.273. The molecule has 0 bridgehead atoms. The molecule has 1 aliphatic heterocycles. The van der Waals surface area contributed by atoms with Crippen molar-refractivity contribution >= 4 is 46.6 Å². The summed E-state index contributed by atoms with van der Waals surface area (Å²) < 4.78 is 5.03. The lowest BCUT2D eigenvalue weighted by Crippen LogP contribution is -2.36. The number of rotatable bonds is 6. The molecule has 1 aliphatic rings. The first-order valence-corrected chi connectivity index (χ1v) is 10.3. The van der Waals surface area contributed by atoms with E-state index in [4.69, 9.17) is 27.9 Å². The SMILES string of the molecule is CCOC(=O)Nc1ccccc1C1(CC)Nc2cc(Cl)cc(Cl)c2C1C=CC(=O)O. The predicted molar refractivity (Wildman–Crippen MR) is 119 cm³/mol. The molecule has 0 aromatic heterocycles. The van der Waals surface area contributed by atoms with E-state index in [0.717, 1.165) is 22.9 Å². The smallest absolute Gasteiger partial charge is 0.411 e. The molecule has 2 unspecified atom stereocenters. The van der Waals surface area contributed by atoms with Gasteiger partial charge in [-0.25, -0.2) is 9.59 Å². The van der Waals surface area contributed by atoms with E-state index >= 15 is 0 Å². The third kappa shape index (κ3) is 4.11. The second-order valence-electron chi connectivity index (χ2n) is 6.86. The van der Waals surface area contributed by atoms with Gasteiger partial charge in [0.05, 0.1) is 12.1 Å². The molecular formula is C22H22Cl2N2O4. The Balaban J connectivity index is 2.19. The van der Waals surface area contributed by atoms with Crippen molar-refractivity contribution in [2.75, 3.05) is 17.2 Å². The average molecular weight is 449 g/mol. The van der Waals surface area contributed by atoms with E-state index in [2.05, 4.69) is 10.6 Å². The topological polar surface area (TPSA) is 87.7 Å². The third-order valence-electron chi connectivity index (χ3n) is 5.20. The number of fused-ring (bicyclic) bond motifs is 1. The summed E-state index contributed by atoms with van der Waals surface area (Å²) in [5.41, 5.74) is 2.06. The molecule has 3 N–H and O–H groups in total. The van der Waals surface area contributed by atoms with Crippen molar-refractivity contribution in [2.45, 2.75) is 31.7 Å². The quantitative estimate of drug-likeness (QED) is 0.470. The van der Waals surface area contributed by atoms with Crippen molar-refractivity contribution in [1.82, 2.24) is 0 Å². The van der Waals surface area contributed by atoms with Gasteiger partial charge in [0.15, 0.2) is 0 Å². The number of amides is 1. The van der Waals surface area contributed by atoms with Gasteiger partial charge in [-0.15, -0.1) is 0 Å². The van der Waals surface area contributed by atoms with Crippen LogP contribution in [-0.2, 0) is 15.1 Å². The molecule has 0 aliphatic carbocycles. The van der Waals surface area contributed by atoms with Crippen LogP contribution in [0.3, 0.4) is 0 Å². The monoisotopic (exact) mass is 448 g/mol. The van der Waals surface area contributed by atoms with Gasteiger partial charge in [0, 0.05) is 44.5 Å². The third-order valence-corrected chi connectivity index (χ3v) is 5.73. The number of carboxylic acid groups (broad SMARTS) is 1. The van der Waals surface area contributed by atoms with E-state index in [-0.39, 0.29) is 6.61 Å². The van der Waals surface area contributed by atoms with Crippen molar-refractivity contribution in [3.05, 3.63) is 69.7 Å². The summed E-state index contributed by atoms with van der Waals surface area (Å²) in [5, 5.41) is 16.5. The zero-order chi connectivity index (χ0) is 21.9. The summed E-state index contributed by atoms with van der Waals surface area (Å²) in [4.78, 5) is 23.4. The first-order chi connectivity index (χ1) is 14.3. The van der Waals surface area contributed by atoms with Crippen LogP contribution in [-0.4, -0.2) is 23.8 Å². The Bertz CT molecular complexity index is 1010. The Labute approximate surface area is 184 Å². The number of aliphatic carboxylic acids is 1. The Morgan fingerprint density at radius 2 is 2.00 bits per heavy atom. The van der Waals surface area contributed by atoms with Crippen molar-refractivity contribution in [3.63, 3.8) is 0 Å². The van der Waals surface area contributed by atoms with Crippen LogP contribution in [0.15, 0.2) is 48.6 Å². The van der Waals surface area contributed by atoms with E-state index in [0.29, 0.717) is 22.2 Å². The van der Waals surface area contributed by atoms with Crippen LogP contribution in [0.4, 0.5) is 16.2 Å². The van der Waals surface area contributed by atoms with Crippen molar-refractivity contribution in [1.29, 1.82) is 0 Å². The molecule has 158 valence electrons. The highest BCUT2D eigenvalue weighted by molar-refractivity contribution is 6.36. The van der Waals surface area contributed by atoms with Crippen LogP contribution in [0.5, 0.6) is 0 Å². The van der Waals surface area contributed by atoms with Crippen molar-refractivity contribution < 1.29 is 19.4 Å². The molecule has 0 fully saturated rings. The molecule has 6 nitrogen and oxygen atoms in total. The number of benzene rings is 2. The molecule has 1 amide bonds. The minimum absolute atomic E-state index is 0.245. The van der Waals surface area contributed by atoms with Gasteiger partial charge < -0.3 is 15.2 Å². The highest BCUT2D eigenvalue weighted by Crippen LogP contribution is 2.55. The van der Waals surface area contributed by atoms with Crippen LogP contribution in [0.1, 0.15) is 37.3 Å².